The molecule has 2 heterocycles. The standard InChI is InChI=1S/C20H23F6N5O2S/c1-17(2,21)15-13(20(24,25)26)14(31(30-15)10-18(3)8-19(22,23)9-18)16(32)29-11-5-6-28-12(7-11)34(4,27)33/h5-7,27H,8-10H2,1-4H3,(H,28,29,32)/t34-/m0/s1. The zero-order chi connectivity index (χ0) is 25.9. The Labute approximate surface area is 191 Å². The van der Waals surface area contributed by atoms with Crippen LogP contribution in [-0.2, 0) is 28.1 Å². The second kappa shape index (κ2) is 7.95. The molecule has 0 unspecified atom stereocenters. The van der Waals surface area contributed by atoms with Gasteiger partial charge in [-0.3, -0.25) is 9.48 Å². The van der Waals surface area contributed by atoms with Gasteiger partial charge in [0.15, 0.2) is 0 Å². The number of nitrogens with one attached hydrogen (secondary N) is 2. The molecule has 1 fully saturated rings. The smallest absolute Gasteiger partial charge is 0.320 e. The molecule has 188 valence electrons. The SMILES string of the molecule is CC1(Cn2nc(C(C)(C)F)c(C(F)(F)F)c2C(=O)Nc2ccnc([S@@](C)(=N)=O)c2)CC(F)(F)C1. The number of pyridine rings is 1. The highest BCUT2D eigenvalue weighted by Crippen LogP contribution is 2.53. The molecule has 0 spiro atoms. The van der Waals surface area contributed by atoms with E-state index in [1.807, 2.05) is 0 Å². The first-order valence-corrected chi connectivity index (χ1v) is 11.9. The minimum absolute atomic E-state index is 0.111. The van der Waals surface area contributed by atoms with Gasteiger partial charge in [0.05, 0.1) is 9.73 Å². The Hall–Kier alpha value is -2.64. The minimum atomic E-state index is -5.18. The molecule has 1 atom stereocenters. The summed E-state index contributed by atoms with van der Waals surface area (Å²) in [5.74, 6) is -4.31. The topological polar surface area (TPSA) is 101 Å². The largest absolute Gasteiger partial charge is 0.420 e. The van der Waals surface area contributed by atoms with E-state index in [9.17, 15) is 35.3 Å². The van der Waals surface area contributed by atoms with Crippen molar-refractivity contribution in [2.45, 2.75) is 63.0 Å². The predicted molar refractivity (Wildman–Crippen MR) is 111 cm³/mol. The molecule has 2 aromatic heterocycles. The molecule has 0 bridgehead atoms. The van der Waals surface area contributed by atoms with Crippen LogP contribution in [0.2, 0.25) is 0 Å². The number of nitrogens with zero attached hydrogens (tertiary/aromatic N) is 3. The van der Waals surface area contributed by atoms with Gasteiger partial charge in [-0.05, 0) is 31.4 Å². The number of aromatic nitrogens is 3. The van der Waals surface area contributed by atoms with Crippen LogP contribution >= 0.6 is 0 Å². The number of hydrogen-bond donors (Lipinski definition) is 2. The van der Waals surface area contributed by atoms with E-state index in [1.54, 1.807) is 0 Å². The van der Waals surface area contributed by atoms with E-state index in [0.717, 1.165) is 32.4 Å². The molecule has 14 heteroatoms. The Kier molecular flexibility index (Phi) is 6.08. The molecule has 2 aromatic rings. The van der Waals surface area contributed by atoms with Gasteiger partial charge in [0.2, 0.25) is 5.92 Å². The Morgan fingerprint density at radius 3 is 2.32 bits per heavy atom. The molecule has 1 saturated carbocycles. The Balaban J connectivity index is 2.12. The van der Waals surface area contributed by atoms with Crippen LogP contribution < -0.4 is 5.32 Å². The van der Waals surface area contributed by atoms with Crippen molar-refractivity contribution in [1.29, 1.82) is 4.78 Å². The van der Waals surface area contributed by atoms with E-state index in [-0.39, 0.29) is 10.7 Å². The van der Waals surface area contributed by atoms with Gasteiger partial charge in [0, 0.05) is 37.5 Å². The van der Waals surface area contributed by atoms with Gasteiger partial charge < -0.3 is 5.32 Å². The second-order valence-corrected chi connectivity index (χ2v) is 11.5. The second-order valence-electron chi connectivity index (χ2n) is 9.40. The number of anilines is 1. The van der Waals surface area contributed by atoms with E-state index < -0.39 is 75.2 Å². The summed E-state index contributed by atoms with van der Waals surface area (Å²) < 4.78 is 104. The van der Waals surface area contributed by atoms with Crippen molar-refractivity contribution in [2.24, 2.45) is 5.41 Å². The average Bonchev–Trinajstić information content (AvgIpc) is 2.99. The Morgan fingerprint density at radius 1 is 1.26 bits per heavy atom. The number of hydrogen-bond acceptors (Lipinski definition) is 5. The van der Waals surface area contributed by atoms with Gasteiger partial charge >= 0.3 is 6.18 Å². The molecular weight excluding hydrogens is 488 g/mol. The molecule has 0 radical (unpaired) electrons. The van der Waals surface area contributed by atoms with Crippen molar-refractivity contribution in [3.8, 4) is 0 Å². The summed E-state index contributed by atoms with van der Waals surface area (Å²) in [5.41, 5.74) is -7.56. The number of carbonyl (C=O) groups is 1. The highest BCUT2D eigenvalue weighted by Gasteiger charge is 2.55. The van der Waals surface area contributed by atoms with Crippen LogP contribution in [0.3, 0.4) is 0 Å². The highest BCUT2D eigenvalue weighted by atomic mass is 32.2. The quantitative estimate of drug-likeness (QED) is 0.519. The molecular formula is C20H23F6N5O2S. The van der Waals surface area contributed by atoms with Crippen molar-refractivity contribution < 1.29 is 35.3 Å². The lowest BCUT2D eigenvalue weighted by atomic mass is 9.67. The lowest BCUT2D eigenvalue weighted by molar-refractivity contribution is -0.160. The fourth-order valence-electron chi connectivity index (χ4n) is 4.05. The van der Waals surface area contributed by atoms with Crippen molar-refractivity contribution in [3.05, 3.63) is 35.3 Å². The third-order valence-electron chi connectivity index (χ3n) is 5.31. The number of amides is 1. The van der Waals surface area contributed by atoms with Crippen LogP contribution in [0.15, 0.2) is 23.4 Å². The van der Waals surface area contributed by atoms with E-state index in [0.29, 0.717) is 4.68 Å². The van der Waals surface area contributed by atoms with Crippen molar-refractivity contribution in [2.75, 3.05) is 11.6 Å². The van der Waals surface area contributed by atoms with Crippen LogP contribution in [0.4, 0.5) is 32.0 Å². The summed E-state index contributed by atoms with van der Waals surface area (Å²) in [6.45, 7) is 2.64. The fraction of sp³-hybridized carbons (Fsp3) is 0.550. The summed E-state index contributed by atoms with van der Waals surface area (Å²) in [4.78, 5) is 16.8. The number of halogens is 6. The molecule has 34 heavy (non-hydrogen) atoms. The van der Waals surface area contributed by atoms with Crippen molar-refractivity contribution in [1.82, 2.24) is 14.8 Å². The van der Waals surface area contributed by atoms with Crippen LogP contribution in [-0.4, -0.2) is 37.1 Å². The van der Waals surface area contributed by atoms with Crippen LogP contribution in [0.25, 0.3) is 0 Å². The Bertz CT molecular complexity index is 1220. The van der Waals surface area contributed by atoms with E-state index >= 15 is 0 Å². The normalized spacial score (nSPS) is 19.2. The van der Waals surface area contributed by atoms with Crippen LogP contribution in [0.5, 0.6) is 0 Å². The summed E-state index contributed by atoms with van der Waals surface area (Å²) in [5, 5.41) is 5.70. The first-order valence-electron chi connectivity index (χ1n) is 9.98. The third kappa shape index (κ3) is 5.36. The van der Waals surface area contributed by atoms with Gasteiger partial charge in [0.25, 0.3) is 5.91 Å². The van der Waals surface area contributed by atoms with Crippen LogP contribution in [0, 0.1) is 10.2 Å². The van der Waals surface area contributed by atoms with E-state index in [2.05, 4.69) is 15.4 Å². The first-order chi connectivity index (χ1) is 15.2. The summed E-state index contributed by atoms with van der Waals surface area (Å²) in [6, 6.07) is 2.27. The van der Waals surface area contributed by atoms with Gasteiger partial charge in [0.1, 0.15) is 27.6 Å². The maximum atomic E-state index is 14.7. The molecule has 0 aliphatic heterocycles. The van der Waals surface area contributed by atoms with Crippen molar-refractivity contribution >= 4 is 21.3 Å². The van der Waals surface area contributed by atoms with E-state index in [4.69, 9.17) is 4.78 Å². The third-order valence-corrected chi connectivity index (χ3v) is 6.33. The number of alkyl halides is 6. The summed E-state index contributed by atoms with van der Waals surface area (Å²) >= 11 is 0. The fourth-order valence-corrected chi connectivity index (χ4v) is 4.67. The maximum absolute atomic E-state index is 14.7. The highest BCUT2D eigenvalue weighted by molar-refractivity contribution is 7.91. The van der Waals surface area contributed by atoms with Gasteiger partial charge in [-0.25, -0.2) is 27.1 Å². The van der Waals surface area contributed by atoms with E-state index in [1.165, 1.54) is 13.0 Å². The van der Waals surface area contributed by atoms with Gasteiger partial charge in [-0.1, -0.05) is 6.92 Å². The lowest BCUT2D eigenvalue weighted by Gasteiger charge is -2.44. The molecule has 2 N–H and O–H groups in total. The molecule has 1 aliphatic rings. The van der Waals surface area contributed by atoms with Gasteiger partial charge in [-0.15, -0.1) is 0 Å². The minimum Gasteiger partial charge on any atom is -0.320 e. The Morgan fingerprint density at radius 2 is 1.85 bits per heavy atom. The molecule has 0 saturated heterocycles. The molecule has 0 aromatic carbocycles. The molecule has 1 amide bonds. The molecule has 3 rings (SSSR count). The number of carbonyl (C=O) groups excluding carboxylic acids is 1. The maximum Gasteiger partial charge on any atom is 0.420 e. The predicted octanol–water partition coefficient (Wildman–Crippen LogP) is 5.22. The molecule has 1 aliphatic carbocycles. The zero-order valence-electron chi connectivity index (χ0n) is 18.7. The lowest BCUT2D eigenvalue weighted by Crippen LogP contribution is -2.47. The summed E-state index contributed by atoms with van der Waals surface area (Å²) in [7, 11) is -3.29. The monoisotopic (exact) mass is 511 g/mol. The first kappa shape index (κ1) is 26.0. The van der Waals surface area contributed by atoms with Crippen LogP contribution in [0.1, 0.15) is 55.4 Å². The molecule has 7 nitrogen and oxygen atoms in total. The van der Waals surface area contributed by atoms with Gasteiger partial charge in [-0.2, -0.15) is 18.3 Å². The van der Waals surface area contributed by atoms with Crippen molar-refractivity contribution in [3.63, 3.8) is 0 Å². The summed E-state index contributed by atoms with van der Waals surface area (Å²) in [6.07, 6.45) is -4.26. The zero-order valence-corrected chi connectivity index (χ0v) is 19.5. The number of rotatable bonds is 6. The average molecular weight is 511 g/mol.